The Labute approximate surface area is 180 Å². The second kappa shape index (κ2) is 11.0. The van der Waals surface area contributed by atoms with Gasteiger partial charge in [0.05, 0.1) is 0 Å². The van der Waals surface area contributed by atoms with Gasteiger partial charge in [0.2, 0.25) is 0 Å². The molecule has 0 bridgehead atoms. The van der Waals surface area contributed by atoms with Gasteiger partial charge in [-0.05, 0) is 55.3 Å². The molecule has 3 aromatic rings. The van der Waals surface area contributed by atoms with Gasteiger partial charge in [-0.15, -0.1) is 11.6 Å². The van der Waals surface area contributed by atoms with Crippen molar-refractivity contribution >= 4 is 11.6 Å². The predicted molar refractivity (Wildman–Crippen MR) is 123 cm³/mol. The zero-order valence-electron chi connectivity index (χ0n) is 17.3. The summed E-state index contributed by atoms with van der Waals surface area (Å²) < 4.78 is 5.89. The van der Waals surface area contributed by atoms with Crippen molar-refractivity contribution in [2.24, 2.45) is 0 Å². The average Bonchev–Trinajstić information content (AvgIpc) is 2.75. The van der Waals surface area contributed by atoms with E-state index < -0.39 is 0 Å². The molecule has 0 heterocycles. The molecule has 0 N–H and O–H groups in total. The van der Waals surface area contributed by atoms with Gasteiger partial charge in [0.25, 0.3) is 0 Å². The normalized spacial score (nSPS) is 13.2. The Bertz CT molecular complexity index is 834. The Morgan fingerprint density at radius 1 is 0.759 bits per heavy atom. The summed E-state index contributed by atoms with van der Waals surface area (Å²) in [5.74, 6) is 2.11. The molecule has 0 radical (unpaired) electrons. The van der Waals surface area contributed by atoms with Crippen LogP contribution in [-0.2, 0) is 0 Å². The Balaban J connectivity index is 1.91. The van der Waals surface area contributed by atoms with Gasteiger partial charge in [-0.1, -0.05) is 72.8 Å². The second-order valence-electron chi connectivity index (χ2n) is 7.60. The number of nitrogens with zero attached hydrogens (tertiary/aromatic N) is 1. The van der Waals surface area contributed by atoms with Gasteiger partial charge in [0.15, 0.2) is 0 Å². The first-order chi connectivity index (χ1) is 14.2. The monoisotopic (exact) mass is 407 g/mol. The van der Waals surface area contributed by atoms with E-state index in [1.54, 1.807) is 0 Å². The zero-order valence-corrected chi connectivity index (χ0v) is 18.1. The fourth-order valence-corrected chi connectivity index (χ4v) is 4.01. The molecule has 0 spiro atoms. The first kappa shape index (κ1) is 21.4. The van der Waals surface area contributed by atoms with Gasteiger partial charge in [0.1, 0.15) is 12.4 Å². The topological polar surface area (TPSA) is 12.5 Å². The molecule has 0 aromatic heterocycles. The number of rotatable bonds is 10. The number of alkyl halides is 1. The van der Waals surface area contributed by atoms with Crippen molar-refractivity contribution in [3.8, 4) is 5.75 Å². The van der Waals surface area contributed by atoms with E-state index in [1.165, 1.54) is 16.7 Å². The van der Waals surface area contributed by atoms with Crippen molar-refractivity contribution in [2.45, 2.75) is 18.3 Å². The summed E-state index contributed by atoms with van der Waals surface area (Å²) in [6, 6.07) is 30.0. The molecule has 152 valence electrons. The van der Waals surface area contributed by atoms with Gasteiger partial charge in [-0.2, -0.15) is 0 Å². The lowest BCUT2D eigenvalue weighted by Crippen LogP contribution is -2.19. The molecule has 0 amide bonds. The van der Waals surface area contributed by atoms with E-state index >= 15 is 0 Å². The maximum absolute atomic E-state index is 6.25. The lowest BCUT2D eigenvalue weighted by Gasteiger charge is -2.28. The quantitative estimate of drug-likeness (QED) is 0.372. The van der Waals surface area contributed by atoms with Crippen LogP contribution in [0.5, 0.6) is 5.75 Å². The fraction of sp³-hybridized carbons (Fsp3) is 0.308. The van der Waals surface area contributed by atoms with E-state index in [1.807, 2.05) is 0 Å². The average molecular weight is 408 g/mol. The molecule has 0 aliphatic rings. The van der Waals surface area contributed by atoms with Gasteiger partial charge in [-0.3, -0.25) is 0 Å². The first-order valence-electron chi connectivity index (χ1n) is 10.2. The van der Waals surface area contributed by atoms with Crippen molar-refractivity contribution in [3.63, 3.8) is 0 Å². The van der Waals surface area contributed by atoms with E-state index in [2.05, 4.69) is 104 Å². The van der Waals surface area contributed by atoms with Crippen molar-refractivity contribution < 1.29 is 4.74 Å². The van der Waals surface area contributed by atoms with E-state index in [4.69, 9.17) is 16.3 Å². The smallest absolute Gasteiger partial charge is 0.119 e. The molecule has 2 nitrogen and oxygen atoms in total. The highest BCUT2D eigenvalue weighted by Crippen LogP contribution is 2.41. The SMILES string of the molecule is CN(C)CCOc1ccc(C(c2ccccc2)C(CCCl)c2ccccc2)cc1. The minimum Gasteiger partial charge on any atom is -0.492 e. The Morgan fingerprint density at radius 3 is 1.86 bits per heavy atom. The number of likely N-dealkylation sites (N-methyl/N-ethyl adjacent to an activating group) is 1. The van der Waals surface area contributed by atoms with Crippen molar-refractivity contribution in [3.05, 3.63) is 102 Å². The van der Waals surface area contributed by atoms with Gasteiger partial charge >= 0.3 is 0 Å². The molecule has 0 saturated heterocycles. The molecule has 0 fully saturated rings. The molecule has 0 aliphatic heterocycles. The van der Waals surface area contributed by atoms with Gasteiger partial charge < -0.3 is 9.64 Å². The van der Waals surface area contributed by atoms with Gasteiger partial charge in [-0.25, -0.2) is 0 Å². The first-order valence-corrected chi connectivity index (χ1v) is 10.8. The van der Waals surface area contributed by atoms with E-state index in [0.29, 0.717) is 18.4 Å². The lowest BCUT2D eigenvalue weighted by molar-refractivity contribution is 0.261. The predicted octanol–water partition coefficient (Wildman–Crippen LogP) is 6.17. The van der Waals surface area contributed by atoms with Crippen LogP contribution < -0.4 is 4.74 Å². The fourth-order valence-electron chi connectivity index (χ4n) is 3.78. The highest BCUT2D eigenvalue weighted by Gasteiger charge is 2.26. The summed E-state index contributed by atoms with van der Waals surface area (Å²) >= 11 is 6.25. The number of hydrogen-bond acceptors (Lipinski definition) is 2. The molecule has 0 saturated carbocycles. The van der Waals surface area contributed by atoms with Crippen LogP contribution in [-0.4, -0.2) is 38.0 Å². The Kier molecular flexibility index (Phi) is 8.15. The number of halogens is 1. The van der Waals surface area contributed by atoms with Crippen LogP contribution in [0.15, 0.2) is 84.9 Å². The summed E-state index contributed by atoms with van der Waals surface area (Å²) in [7, 11) is 4.11. The number of hydrogen-bond donors (Lipinski definition) is 0. The second-order valence-corrected chi connectivity index (χ2v) is 7.98. The van der Waals surface area contributed by atoms with E-state index in [0.717, 1.165) is 18.7 Å². The summed E-state index contributed by atoms with van der Waals surface area (Å²) in [5.41, 5.74) is 3.93. The third-order valence-electron chi connectivity index (χ3n) is 5.26. The van der Waals surface area contributed by atoms with Crippen LogP contribution in [0.25, 0.3) is 0 Å². The van der Waals surface area contributed by atoms with Crippen molar-refractivity contribution in [1.29, 1.82) is 0 Å². The summed E-state index contributed by atoms with van der Waals surface area (Å²) in [6.45, 7) is 1.59. The van der Waals surface area contributed by atoms with E-state index in [9.17, 15) is 0 Å². The molecular weight excluding hydrogens is 378 g/mol. The molecular formula is C26H30ClNO. The zero-order chi connectivity index (χ0) is 20.5. The minimum absolute atomic E-state index is 0.244. The van der Waals surface area contributed by atoms with Gasteiger partial charge in [0, 0.05) is 18.3 Å². The minimum atomic E-state index is 0.244. The molecule has 3 rings (SSSR count). The van der Waals surface area contributed by atoms with E-state index in [-0.39, 0.29) is 5.92 Å². The van der Waals surface area contributed by atoms with Crippen LogP contribution in [0.3, 0.4) is 0 Å². The Morgan fingerprint density at radius 2 is 1.31 bits per heavy atom. The van der Waals surface area contributed by atoms with Crippen molar-refractivity contribution in [1.82, 2.24) is 4.90 Å². The maximum atomic E-state index is 6.25. The third kappa shape index (κ3) is 6.09. The largest absolute Gasteiger partial charge is 0.492 e. The molecule has 29 heavy (non-hydrogen) atoms. The van der Waals surface area contributed by atoms with Crippen LogP contribution in [0, 0.1) is 0 Å². The molecule has 2 unspecified atom stereocenters. The molecule has 2 atom stereocenters. The summed E-state index contributed by atoms with van der Waals surface area (Å²) in [5, 5.41) is 0. The van der Waals surface area contributed by atoms with Crippen LogP contribution in [0.4, 0.5) is 0 Å². The Hall–Kier alpha value is -2.29. The van der Waals surface area contributed by atoms with Crippen molar-refractivity contribution in [2.75, 3.05) is 33.1 Å². The van der Waals surface area contributed by atoms with Crippen LogP contribution >= 0.6 is 11.6 Å². The highest BCUT2D eigenvalue weighted by atomic mass is 35.5. The summed E-state index contributed by atoms with van der Waals surface area (Å²) in [4.78, 5) is 2.12. The molecule has 0 aliphatic carbocycles. The lowest BCUT2D eigenvalue weighted by atomic mass is 9.76. The highest BCUT2D eigenvalue weighted by molar-refractivity contribution is 6.17. The standard InChI is InChI=1S/C26H30ClNO/c1-28(2)19-20-29-24-15-13-23(14-16-24)26(22-11-7-4-8-12-22)25(17-18-27)21-9-5-3-6-10-21/h3-16,25-26H,17-20H2,1-2H3. The number of benzene rings is 3. The maximum Gasteiger partial charge on any atom is 0.119 e. The molecule has 3 aromatic carbocycles. The third-order valence-corrected chi connectivity index (χ3v) is 5.47. The van der Waals surface area contributed by atoms with Crippen LogP contribution in [0.1, 0.15) is 34.9 Å². The summed E-state index contributed by atoms with van der Waals surface area (Å²) in [6.07, 6.45) is 0.923. The molecule has 3 heteroatoms. The van der Waals surface area contributed by atoms with Crippen LogP contribution in [0.2, 0.25) is 0 Å². The number of ether oxygens (including phenoxy) is 1.